The number of carbonyl (C=O) groups excluding carboxylic acids is 1. The molecule has 1 aliphatic heterocycles. The number of nitrogens with one attached hydrogen (secondary N) is 4. The first-order valence-corrected chi connectivity index (χ1v) is 12.0. The third kappa shape index (κ3) is 6.12. The summed E-state index contributed by atoms with van der Waals surface area (Å²) < 4.78 is 5.32. The number of hydrogen-bond acceptors (Lipinski definition) is 6. The van der Waals surface area contributed by atoms with Crippen LogP contribution in [0.25, 0.3) is 11.1 Å². The minimum Gasteiger partial charge on any atom is -0.497 e. The van der Waals surface area contributed by atoms with Crippen molar-refractivity contribution in [1.29, 1.82) is 0 Å². The second-order valence-electron chi connectivity index (χ2n) is 8.75. The number of anilines is 2. The summed E-state index contributed by atoms with van der Waals surface area (Å²) in [4.78, 5) is 15.4. The molecule has 186 valence electrons. The molecule has 0 bridgehead atoms. The SMILES string of the molecule is COc1cccc(C(CCO)NC(=O)Nc2ccc(-c3cn[nH]c3)cc2N(C)C2CCNCC2)c1. The number of benzene rings is 2. The van der Waals surface area contributed by atoms with E-state index in [9.17, 15) is 9.90 Å². The Kier molecular flexibility index (Phi) is 8.23. The zero-order valence-corrected chi connectivity index (χ0v) is 20.3. The molecular weight excluding hydrogens is 444 g/mol. The molecular formula is C26H34N6O3. The second kappa shape index (κ2) is 11.7. The molecule has 9 nitrogen and oxygen atoms in total. The highest BCUT2D eigenvalue weighted by Crippen LogP contribution is 2.33. The number of aliphatic hydroxyl groups is 1. The summed E-state index contributed by atoms with van der Waals surface area (Å²) in [7, 11) is 3.69. The molecule has 5 N–H and O–H groups in total. The lowest BCUT2D eigenvalue weighted by atomic mass is 10.0. The average Bonchev–Trinajstić information content (AvgIpc) is 3.44. The van der Waals surface area contributed by atoms with Gasteiger partial charge in [-0.25, -0.2) is 4.79 Å². The van der Waals surface area contributed by atoms with Crippen LogP contribution in [-0.2, 0) is 0 Å². The normalized spacial score (nSPS) is 14.8. The standard InChI is InChI=1S/C26H34N6O3/c1-32(21-8-11-27-12-9-21)25-15-18(20-16-28-29-17-20)6-7-24(25)31-26(34)30-23(10-13-33)19-4-3-5-22(14-19)35-2/h3-7,14-17,21,23,27,33H,8-13H2,1-2H3,(H,28,29)(H2,30,31,34). The molecule has 3 aromatic rings. The zero-order chi connectivity index (χ0) is 24.6. The number of urea groups is 1. The quantitative estimate of drug-likeness (QED) is 0.322. The number of ether oxygens (including phenoxy) is 1. The monoisotopic (exact) mass is 478 g/mol. The molecule has 1 aromatic heterocycles. The molecule has 2 aromatic carbocycles. The smallest absolute Gasteiger partial charge is 0.319 e. The van der Waals surface area contributed by atoms with Gasteiger partial charge in [0.2, 0.25) is 0 Å². The predicted octanol–water partition coefficient (Wildman–Crippen LogP) is 3.52. The van der Waals surface area contributed by atoms with E-state index in [1.165, 1.54) is 0 Å². The number of carbonyl (C=O) groups is 1. The number of aliphatic hydroxyl groups excluding tert-OH is 1. The van der Waals surface area contributed by atoms with Crippen LogP contribution in [0, 0.1) is 0 Å². The van der Waals surface area contributed by atoms with Gasteiger partial charge in [0.25, 0.3) is 0 Å². The van der Waals surface area contributed by atoms with E-state index in [-0.39, 0.29) is 18.7 Å². The summed E-state index contributed by atoms with van der Waals surface area (Å²) in [5, 5.41) is 26.0. The lowest BCUT2D eigenvalue weighted by Crippen LogP contribution is -2.41. The fourth-order valence-corrected chi connectivity index (χ4v) is 4.53. The Balaban J connectivity index is 1.57. The van der Waals surface area contributed by atoms with E-state index in [2.05, 4.69) is 44.2 Å². The molecule has 1 fully saturated rings. The minimum atomic E-state index is -0.356. The van der Waals surface area contributed by atoms with E-state index in [0.29, 0.717) is 18.2 Å². The van der Waals surface area contributed by atoms with Crippen molar-refractivity contribution in [3.63, 3.8) is 0 Å². The van der Waals surface area contributed by atoms with Gasteiger partial charge in [0, 0.05) is 31.5 Å². The van der Waals surface area contributed by atoms with E-state index in [4.69, 9.17) is 4.74 Å². The molecule has 2 heterocycles. The first-order valence-electron chi connectivity index (χ1n) is 12.0. The summed E-state index contributed by atoms with van der Waals surface area (Å²) in [5.74, 6) is 0.702. The Labute approximate surface area is 205 Å². The maximum absolute atomic E-state index is 13.1. The van der Waals surface area contributed by atoms with E-state index in [1.807, 2.05) is 42.6 Å². The summed E-state index contributed by atoms with van der Waals surface area (Å²) in [6.07, 6.45) is 6.11. The maximum atomic E-state index is 13.1. The topological polar surface area (TPSA) is 115 Å². The molecule has 1 saturated heterocycles. The van der Waals surface area contributed by atoms with Crippen molar-refractivity contribution < 1.29 is 14.6 Å². The van der Waals surface area contributed by atoms with Gasteiger partial charge in [0.05, 0.1) is 30.7 Å². The lowest BCUT2D eigenvalue weighted by Gasteiger charge is -2.34. The fraction of sp³-hybridized carbons (Fsp3) is 0.385. The summed E-state index contributed by atoms with van der Waals surface area (Å²) in [6.45, 7) is 1.90. The van der Waals surface area contributed by atoms with Gasteiger partial charge in [-0.15, -0.1) is 0 Å². The minimum absolute atomic E-state index is 0.0503. The number of amides is 2. The number of aromatic nitrogens is 2. The third-order valence-corrected chi connectivity index (χ3v) is 6.53. The van der Waals surface area contributed by atoms with Crippen LogP contribution in [0.1, 0.15) is 30.9 Å². The number of hydrogen-bond donors (Lipinski definition) is 5. The van der Waals surface area contributed by atoms with Gasteiger partial charge < -0.3 is 30.7 Å². The van der Waals surface area contributed by atoms with E-state index in [1.54, 1.807) is 13.3 Å². The number of nitrogens with zero attached hydrogens (tertiary/aromatic N) is 2. The van der Waals surface area contributed by atoms with Crippen molar-refractivity contribution in [2.24, 2.45) is 0 Å². The van der Waals surface area contributed by atoms with Crippen molar-refractivity contribution in [3.05, 3.63) is 60.4 Å². The van der Waals surface area contributed by atoms with Gasteiger partial charge in [-0.1, -0.05) is 18.2 Å². The first kappa shape index (κ1) is 24.6. The summed E-state index contributed by atoms with van der Waals surface area (Å²) >= 11 is 0. The van der Waals surface area contributed by atoms with Crippen molar-refractivity contribution in [1.82, 2.24) is 20.8 Å². The van der Waals surface area contributed by atoms with Crippen molar-refractivity contribution >= 4 is 17.4 Å². The summed E-state index contributed by atoms with van der Waals surface area (Å²) in [6, 6.07) is 13.2. The average molecular weight is 479 g/mol. The van der Waals surface area contributed by atoms with Crippen LogP contribution in [0.3, 0.4) is 0 Å². The highest BCUT2D eigenvalue weighted by Gasteiger charge is 2.22. The Bertz CT molecular complexity index is 1100. The van der Waals surface area contributed by atoms with Crippen LogP contribution in [-0.4, -0.2) is 61.2 Å². The van der Waals surface area contributed by atoms with Gasteiger partial charge in [0.15, 0.2) is 0 Å². The lowest BCUT2D eigenvalue weighted by molar-refractivity contribution is 0.239. The van der Waals surface area contributed by atoms with Crippen LogP contribution in [0.4, 0.5) is 16.2 Å². The molecule has 2 amide bonds. The molecule has 0 spiro atoms. The molecule has 1 atom stereocenters. The van der Waals surface area contributed by atoms with E-state index < -0.39 is 0 Å². The molecule has 1 unspecified atom stereocenters. The molecule has 0 radical (unpaired) electrons. The Hall–Kier alpha value is -3.56. The van der Waals surface area contributed by atoms with Gasteiger partial charge in [-0.05, 0) is 67.7 Å². The molecule has 35 heavy (non-hydrogen) atoms. The molecule has 9 heteroatoms. The number of methoxy groups -OCH3 is 1. The highest BCUT2D eigenvalue weighted by molar-refractivity contribution is 5.94. The number of rotatable bonds is 9. The molecule has 0 aliphatic carbocycles. The van der Waals surface area contributed by atoms with Gasteiger partial charge >= 0.3 is 6.03 Å². The molecule has 4 rings (SSSR count). The van der Waals surface area contributed by atoms with Gasteiger partial charge in [-0.3, -0.25) is 5.10 Å². The van der Waals surface area contributed by atoms with Crippen LogP contribution in [0.2, 0.25) is 0 Å². The van der Waals surface area contributed by atoms with Gasteiger partial charge in [0.1, 0.15) is 5.75 Å². The Morgan fingerprint density at radius 2 is 2.06 bits per heavy atom. The molecule has 0 saturated carbocycles. The first-order chi connectivity index (χ1) is 17.1. The number of H-pyrrole nitrogens is 1. The summed E-state index contributed by atoms with van der Waals surface area (Å²) in [5.41, 5.74) is 4.56. The fourth-order valence-electron chi connectivity index (χ4n) is 4.53. The Morgan fingerprint density at radius 3 is 2.77 bits per heavy atom. The van der Waals surface area contributed by atoms with Crippen molar-refractivity contribution in [2.45, 2.75) is 31.3 Å². The van der Waals surface area contributed by atoms with Gasteiger partial charge in [-0.2, -0.15) is 5.10 Å². The maximum Gasteiger partial charge on any atom is 0.319 e. The van der Waals surface area contributed by atoms with Crippen LogP contribution in [0.5, 0.6) is 5.75 Å². The number of piperidine rings is 1. The predicted molar refractivity (Wildman–Crippen MR) is 138 cm³/mol. The van der Waals surface area contributed by atoms with Crippen LogP contribution in [0.15, 0.2) is 54.9 Å². The number of aromatic amines is 1. The zero-order valence-electron chi connectivity index (χ0n) is 20.3. The Morgan fingerprint density at radius 1 is 1.23 bits per heavy atom. The van der Waals surface area contributed by atoms with E-state index >= 15 is 0 Å². The van der Waals surface area contributed by atoms with Crippen molar-refractivity contribution in [3.8, 4) is 16.9 Å². The van der Waals surface area contributed by atoms with Crippen molar-refractivity contribution in [2.75, 3.05) is 44.1 Å². The highest BCUT2D eigenvalue weighted by atomic mass is 16.5. The third-order valence-electron chi connectivity index (χ3n) is 6.53. The molecule has 1 aliphatic rings. The largest absolute Gasteiger partial charge is 0.497 e. The van der Waals surface area contributed by atoms with Crippen LogP contribution >= 0.6 is 0 Å². The second-order valence-corrected chi connectivity index (χ2v) is 8.75. The van der Waals surface area contributed by atoms with E-state index in [0.717, 1.165) is 54.0 Å². The van der Waals surface area contributed by atoms with Crippen LogP contribution < -0.4 is 25.6 Å².